The Kier molecular flexibility index (Phi) is 4.69. The average molecular weight is 309 g/mol. The van der Waals surface area contributed by atoms with Gasteiger partial charge in [-0.15, -0.1) is 0 Å². The lowest BCUT2D eigenvalue weighted by Gasteiger charge is -2.11. The van der Waals surface area contributed by atoms with Crippen LogP contribution in [-0.4, -0.2) is 32.5 Å². The van der Waals surface area contributed by atoms with Crippen LogP contribution in [0, 0.1) is 0 Å². The van der Waals surface area contributed by atoms with Gasteiger partial charge in [0.2, 0.25) is 11.7 Å². The smallest absolute Gasteiger partial charge is 0.371 e. The van der Waals surface area contributed by atoms with Gasteiger partial charge < -0.3 is 14.8 Å². The number of thioether (sulfide) groups is 1. The molecular formula is C13H15N3O4S. The fourth-order valence-electron chi connectivity index (χ4n) is 1.65. The van der Waals surface area contributed by atoms with Crippen LogP contribution in [0.1, 0.15) is 30.4 Å². The van der Waals surface area contributed by atoms with Gasteiger partial charge in [-0.3, -0.25) is 4.79 Å². The lowest BCUT2D eigenvalue weighted by atomic mass is 10.4. The second-order valence-corrected chi connectivity index (χ2v) is 5.50. The van der Waals surface area contributed by atoms with Gasteiger partial charge in [-0.25, -0.2) is 9.48 Å². The molecule has 0 radical (unpaired) electrons. The number of hydrogen-bond donors (Lipinski definition) is 2. The molecule has 0 spiro atoms. The summed E-state index contributed by atoms with van der Waals surface area (Å²) < 4.78 is 6.76. The predicted molar refractivity (Wildman–Crippen MR) is 77.6 cm³/mol. The number of amides is 1. The van der Waals surface area contributed by atoms with Crippen LogP contribution in [-0.2, 0) is 4.79 Å². The van der Waals surface area contributed by atoms with Gasteiger partial charge >= 0.3 is 5.97 Å². The predicted octanol–water partition coefficient (Wildman–Crippen LogP) is 2.49. The van der Waals surface area contributed by atoms with E-state index in [0.717, 1.165) is 11.8 Å². The number of hydrogen-bond acceptors (Lipinski definition) is 5. The van der Waals surface area contributed by atoms with E-state index >= 15 is 0 Å². The third-order valence-corrected chi connectivity index (χ3v) is 3.48. The number of carbonyl (C=O) groups is 2. The molecule has 21 heavy (non-hydrogen) atoms. The maximum Gasteiger partial charge on any atom is 0.371 e. The minimum Gasteiger partial charge on any atom is -0.475 e. The molecule has 7 nitrogen and oxygen atoms in total. The highest BCUT2D eigenvalue weighted by Gasteiger charge is 2.13. The summed E-state index contributed by atoms with van der Waals surface area (Å²) in [5, 5.41) is 16.0. The fourth-order valence-corrected chi connectivity index (χ4v) is 2.31. The molecule has 0 saturated heterocycles. The second kappa shape index (κ2) is 6.49. The molecule has 2 heterocycles. The molecule has 0 aliphatic rings. The number of carbonyl (C=O) groups excluding carboxylic acids is 1. The Labute approximate surface area is 125 Å². The number of aromatic nitrogens is 2. The quantitative estimate of drug-likeness (QED) is 0.796. The minimum absolute atomic E-state index is 0.121. The Morgan fingerprint density at radius 3 is 2.81 bits per heavy atom. The number of carboxylic acids is 1. The number of anilines is 1. The van der Waals surface area contributed by atoms with Crippen molar-refractivity contribution in [3.8, 4) is 0 Å². The van der Waals surface area contributed by atoms with Gasteiger partial charge in [0.05, 0.1) is 11.9 Å². The largest absolute Gasteiger partial charge is 0.475 e. The molecule has 0 atom stereocenters. The molecule has 2 N–H and O–H groups in total. The van der Waals surface area contributed by atoms with Crippen molar-refractivity contribution >= 4 is 29.5 Å². The van der Waals surface area contributed by atoms with Gasteiger partial charge in [-0.2, -0.15) is 5.10 Å². The highest BCUT2D eigenvalue weighted by atomic mass is 32.2. The van der Waals surface area contributed by atoms with Crippen LogP contribution in [0.5, 0.6) is 0 Å². The van der Waals surface area contributed by atoms with Crippen molar-refractivity contribution in [2.24, 2.45) is 0 Å². The van der Waals surface area contributed by atoms with Gasteiger partial charge in [0.25, 0.3) is 0 Å². The molecule has 0 saturated carbocycles. The molecule has 0 aliphatic heterocycles. The van der Waals surface area contributed by atoms with E-state index in [1.807, 2.05) is 13.8 Å². The van der Waals surface area contributed by atoms with Crippen LogP contribution < -0.4 is 5.32 Å². The SMILES string of the molecule is CC(C)n1nccc1NC(=O)CSc1ccc(C(=O)O)o1. The first-order valence-electron chi connectivity index (χ1n) is 6.26. The summed E-state index contributed by atoms with van der Waals surface area (Å²) >= 11 is 1.13. The average Bonchev–Trinajstić information content (AvgIpc) is 3.04. The molecule has 0 aliphatic carbocycles. The summed E-state index contributed by atoms with van der Waals surface area (Å²) in [4.78, 5) is 22.5. The van der Waals surface area contributed by atoms with Gasteiger partial charge in [0.1, 0.15) is 5.82 Å². The third-order valence-electron chi connectivity index (χ3n) is 2.56. The van der Waals surface area contributed by atoms with E-state index in [1.54, 1.807) is 16.9 Å². The highest BCUT2D eigenvalue weighted by Crippen LogP contribution is 2.21. The van der Waals surface area contributed by atoms with Crippen molar-refractivity contribution in [2.75, 3.05) is 11.1 Å². The summed E-state index contributed by atoms with van der Waals surface area (Å²) in [6.45, 7) is 3.93. The molecule has 1 amide bonds. The summed E-state index contributed by atoms with van der Waals surface area (Å²) in [5.74, 6) is -0.740. The summed E-state index contributed by atoms with van der Waals surface area (Å²) in [7, 11) is 0. The first kappa shape index (κ1) is 15.2. The number of nitrogens with zero attached hydrogens (tertiary/aromatic N) is 2. The number of furan rings is 1. The van der Waals surface area contributed by atoms with Gasteiger partial charge in [-0.05, 0) is 26.0 Å². The molecule has 0 aromatic carbocycles. The molecule has 8 heteroatoms. The van der Waals surface area contributed by atoms with E-state index in [0.29, 0.717) is 10.9 Å². The zero-order valence-electron chi connectivity index (χ0n) is 11.6. The molecule has 0 bridgehead atoms. The summed E-state index contributed by atoms with van der Waals surface area (Å²) in [5.41, 5.74) is 0. The Morgan fingerprint density at radius 1 is 1.43 bits per heavy atom. The van der Waals surface area contributed by atoms with Crippen molar-refractivity contribution < 1.29 is 19.1 Å². The third kappa shape index (κ3) is 3.88. The van der Waals surface area contributed by atoms with E-state index in [2.05, 4.69) is 10.4 Å². The molecule has 2 aromatic heterocycles. The summed E-state index contributed by atoms with van der Waals surface area (Å²) in [6.07, 6.45) is 1.62. The lowest BCUT2D eigenvalue weighted by molar-refractivity contribution is -0.113. The van der Waals surface area contributed by atoms with Crippen molar-refractivity contribution in [1.29, 1.82) is 0 Å². The minimum atomic E-state index is -1.13. The number of nitrogens with one attached hydrogen (secondary N) is 1. The van der Waals surface area contributed by atoms with E-state index in [9.17, 15) is 9.59 Å². The van der Waals surface area contributed by atoms with Crippen LogP contribution in [0.3, 0.4) is 0 Å². The molecular weight excluding hydrogens is 294 g/mol. The molecule has 2 rings (SSSR count). The molecule has 112 valence electrons. The van der Waals surface area contributed by atoms with E-state index in [1.165, 1.54) is 12.1 Å². The number of carboxylic acid groups (broad SMARTS) is 1. The Morgan fingerprint density at radius 2 is 2.19 bits per heavy atom. The first-order chi connectivity index (χ1) is 9.97. The van der Waals surface area contributed by atoms with Gasteiger partial charge in [0, 0.05) is 12.1 Å². The number of rotatable bonds is 6. The van der Waals surface area contributed by atoms with Gasteiger partial charge in [0.15, 0.2) is 5.09 Å². The molecule has 2 aromatic rings. The number of aromatic carboxylic acids is 1. The van der Waals surface area contributed by atoms with Crippen molar-refractivity contribution in [3.05, 3.63) is 30.2 Å². The van der Waals surface area contributed by atoms with Crippen molar-refractivity contribution in [2.45, 2.75) is 25.0 Å². The molecule has 0 unspecified atom stereocenters. The first-order valence-corrected chi connectivity index (χ1v) is 7.25. The summed E-state index contributed by atoms with van der Waals surface area (Å²) in [6, 6.07) is 4.75. The Bertz CT molecular complexity index is 647. The van der Waals surface area contributed by atoms with Gasteiger partial charge in [-0.1, -0.05) is 11.8 Å². The molecule has 0 fully saturated rings. The monoisotopic (exact) mass is 309 g/mol. The zero-order chi connectivity index (χ0) is 15.4. The highest BCUT2D eigenvalue weighted by molar-refractivity contribution is 7.99. The van der Waals surface area contributed by atoms with Crippen LogP contribution in [0.25, 0.3) is 0 Å². The maximum absolute atomic E-state index is 11.9. The van der Waals surface area contributed by atoms with Crippen molar-refractivity contribution in [1.82, 2.24) is 9.78 Å². The Balaban J connectivity index is 1.89. The fraction of sp³-hybridized carbons (Fsp3) is 0.308. The Hall–Kier alpha value is -2.22. The normalized spacial score (nSPS) is 10.8. The standard InChI is InChI=1S/C13H15N3O4S/c1-8(2)16-10(5-6-14-16)15-11(17)7-21-12-4-3-9(20-12)13(18)19/h3-6,8H,7H2,1-2H3,(H,15,17)(H,18,19). The van der Waals surface area contributed by atoms with Crippen LogP contribution in [0.15, 0.2) is 33.9 Å². The van der Waals surface area contributed by atoms with E-state index in [4.69, 9.17) is 9.52 Å². The van der Waals surface area contributed by atoms with E-state index < -0.39 is 5.97 Å². The maximum atomic E-state index is 11.9. The lowest BCUT2D eigenvalue weighted by Crippen LogP contribution is -2.18. The topological polar surface area (TPSA) is 97.4 Å². The van der Waals surface area contributed by atoms with Crippen LogP contribution in [0.4, 0.5) is 5.82 Å². The zero-order valence-corrected chi connectivity index (χ0v) is 12.4. The van der Waals surface area contributed by atoms with E-state index in [-0.39, 0.29) is 23.5 Å². The van der Waals surface area contributed by atoms with Crippen molar-refractivity contribution in [3.63, 3.8) is 0 Å². The second-order valence-electron chi connectivity index (χ2n) is 4.52. The van der Waals surface area contributed by atoms with Crippen LogP contribution >= 0.6 is 11.8 Å². The van der Waals surface area contributed by atoms with Crippen LogP contribution in [0.2, 0.25) is 0 Å².